The van der Waals surface area contributed by atoms with E-state index >= 15 is 0 Å². The molecule has 0 aromatic heterocycles. The molecule has 0 bridgehead atoms. The van der Waals surface area contributed by atoms with Gasteiger partial charge in [-0.05, 0) is 60.8 Å². The van der Waals surface area contributed by atoms with Crippen LogP contribution in [0.25, 0.3) is 0 Å². The number of ether oxygens (including phenoxy) is 1. The number of fused-ring (bicyclic) bond motifs is 1. The first-order chi connectivity index (χ1) is 12.0. The van der Waals surface area contributed by atoms with Gasteiger partial charge in [-0.1, -0.05) is 44.2 Å². The molecule has 0 saturated heterocycles. The molecule has 3 nitrogen and oxygen atoms in total. The maximum Gasteiger partial charge on any atom is 0.119 e. The Hall–Kier alpha value is -1.84. The van der Waals surface area contributed by atoms with Crippen LogP contribution in [0.15, 0.2) is 42.5 Å². The Kier molecular flexibility index (Phi) is 5.77. The number of rotatable bonds is 6. The molecule has 3 heteroatoms. The Balaban J connectivity index is 1.77. The van der Waals surface area contributed by atoms with Crippen molar-refractivity contribution in [3.63, 3.8) is 0 Å². The molecule has 0 radical (unpaired) electrons. The third-order valence-electron chi connectivity index (χ3n) is 4.91. The fraction of sp³-hybridized carbons (Fsp3) is 0.455. The summed E-state index contributed by atoms with van der Waals surface area (Å²) in [6, 6.07) is 15.9. The summed E-state index contributed by atoms with van der Waals surface area (Å²) < 4.78 is 5.90. The van der Waals surface area contributed by atoms with Gasteiger partial charge in [0.15, 0.2) is 0 Å². The molecule has 25 heavy (non-hydrogen) atoms. The number of benzene rings is 2. The Morgan fingerprint density at radius 2 is 1.88 bits per heavy atom. The zero-order valence-electron chi connectivity index (χ0n) is 15.9. The Morgan fingerprint density at radius 3 is 2.56 bits per heavy atom. The van der Waals surface area contributed by atoms with Crippen molar-refractivity contribution in [1.29, 1.82) is 0 Å². The summed E-state index contributed by atoms with van der Waals surface area (Å²) in [5.41, 5.74) is 5.51. The fourth-order valence-electron chi connectivity index (χ4n) is 3.35. The predicted molar refractivity (Wildman–Crippen MR) is 105 cm³/mol. The number of hydrogen-bond donors (Lipinski definition) is 1. The van der Waals surface area contributed by atoms with Gasteiger partial charge in [0.05, 0.1) is 6.04 Å². The van der Waals surface area contributed by atoms with Crippen LogP contribution in [0.4, 0.5) is 0 Å². The van der Waals surface area contributed by atoms with Gasteiger partial charge in [-0.2, -0.15) is 0 Å². The van der Waals surface area contributed by atoms with Crippen LogP contribution in [0.3, 0.4) is 0 Å². The number of nitrogens with one attached hydrogen (secondary N) is 1. The lowest BCUT2D eigenvalue weighted by Crippen LogP contribution is -2.30. The summed E-state index contributed by atoms with van der Waals surface area (Å²) in [5.74, 6) is 1.55. The van der Waals surface area contributed by atoms with E-state index < -0.39 is 0 Å². The van der Waals surface area contributed by atoms with Gasteiger partial charge in [-0.3, -0.25) is 0 Å². The van der Waals surface area contributed by atoms with Gasteiger partial charge in [-0.15, -0.1) is 0 Å². The van der Waals surface area contributed by atoms with E-state index in [0.717, 1.165) is 31.9 Å². The van der Waals surface area contributed by atoms with Crippen LogP contribution >= 0.6 is 0 Å². The Morgan fingerprint density at radius 1 is 1.12 bits per heavy atom. The molecular weight excluding hydrogens is 308 g/mol. The number of likely N-dealkylation sites (N-methyl/N-ethyl adjacent to an activating group) is 1. The zero-order valence-corrected chi connectivity index (χ0v) is 15.9. The minimum absolute atomic E-state index is 0.279. The molecular formula is C22H30N2O. The van der Waals surface area contributed by atoms with Crippen LogP contribution in [0.2, 0.25) is 0 Å². The highest BCUT2D eigenvalue weighted by atomic mass is 16.5. The third-order valence-corrected chi connectivity index (χ3v) is 4.91. The average molecular weight is 338 g/mol. The van der Waals surface area contributed by atoms with Gasteiger partial charge in [-0.25, -0.2) is 0 Å². The maximum absolute atomic E-state index is 5.90. The van der Waals surface area contributed by atoms with Crippen LogP contribution in [0.5, 0.6) is 5.75 Å². The predicted octanol–water partition coefficient (Wildman–Crippen LogP) is 3.99. The molecule has 0 saturated carbocycles. The van der Waals surface area contributed by atoms with Gasteiger partial charge >= 0.3 is 0 Å². The Labute approximate surface area is 152 Å². The summed E-state index contributed by atoms with van der Waals surface area (Å²) in [6.07, 6.45) is 1.06. The molecule has 0 fully saturated rings. The molecule has 1 unspecified atom stereocenters. The molecule has 1 heterocycles. The molecule has 0 amide bonds. The Bertz CT molecular complexity index is 692. The van der Waals surface area contributed by atoms with E-state index in [0.29, 0.717) is 5.92 Å². The lowest BCUT2D eigenvalue weighted by atomic mass is 9.89. The van der Waals surface area contributed by atoms with Crippen molar-refractivity contribution >= 4 is 0 Å². The normalized spacial score (nSPS) is 17.0. The van der Waals surface area contributed by atoms with E-state index in [1.807, 2.05) is 0 Å². The molecule has 1 aliphatic rings. The highest BCUT2D eigenvalue weighted by molar-refractivity contribution is 5.44. The molecule has 0 aliphatic carbocycles. The molecule has 1 aliphatic heterocycles. The summed E-state index contributed by atoms with van der Waals surface area (Å²) in [4.78, 5) is 2.14. The van der Waals surface area contributed by atoms with E-state index in [1.54, 1.807) is 0 Å². The molecule has 2 aromatic rings. The third kappa shape index (κ3) is 4.42. The van der Waals surface area contributed by atoms with Crippen molar-refractivity contribution in [1.82, 2.24) is 10.2 Å². The molecule has 134 valence electrons. The first-order valence-electron chi connectivity index (χ1n) is 9.28. The first-order valence-corrected chi connectivity index (χ1v) is 9.28. The van der Waals surface area contributed by atoms with Crippen molar-refractivity contribution in [2.45, 2.75) is 32.2 Å². The number of nitrogens with zero attached hydrogens (tertiary/aromatic N) is 1. The molecule has 1 N–H and O–H groups in total. The lowest BCUT2D eigenvalue weighted by Gasteiger charge is -2.28. The molecule has 2 aromatic carbocycles. The summed E-state index contributed by atoms with van der Waals surface area (Å²) in [6.45, 7) is 7.14. The molecule has 3 rings (SSSR count). The van der Waals surface area contributed by atoms with Gasteiger partial charge in [0.2, 0.25) is 0 Å². The molecule has 1 atom stereocenters. The SMILES string of the molecule is CC(C)c1ccc(C2NCCc3cc(OCCN(C)C)ccc32)cc1. The highest BCUT2D eigenvalue weighted by Crippen LogP contribution is 2.31. The molecule has 0 spiro atoms. The van der Waals surface area contributed by atoms with E-state index in [-0.39, 0.29) is 6.04 Å². The van der Waals surface area contributed by atoms with Crippen LogP contribution in [-0.4, -0.2) is 38.7 Å². The van der Waals surface area contributed by atoms with Crippen molar-refractivity contribution in [3.8, 4) is 5.75 Å². The fourth-order valence-corrected chi connectivity index (χ4v) is 3.35. The standard InChI is InChI=1S/C22H30N2O/c1-16(2)17-5-7-18(8-6-17)22-21-10-9-20(25-14-13-24(3)4)15-19(21)11-12-23-22/h5-10,15-16,22-23H,11-14H2,1-4H3. The minimum Gasteiger partial charge on any atom is -0.492 e. The van der Waals surface area contributed by atoms with Crippen LogP contribution in [0.1, 0.15) is 48.1 Å². The largest absolute Gasteiger partial charge is 0.492 e. The van der Waals surface area contributed by atoms with E-state index in [4.69, 9.17) is 4.74 Å². The topological polar surface area (TPSA) is 24.5 Å². The average Bonchev–Trinajstić information content (AvgIpc) is 2.61. The van der Waals surface area contributed by atoms with Crippen molar-refractivity contribution in [2.24, 2.45) is 0 Å². The highest BCUT2D eigenvalue weighted by Gasteiger charge is 2.21. The smallest absolute Gasteiger partial charge is 0.119 e. The minimum atomic E-state index is 0.279. The zero-order chi connectivity index (χ0) is 17.8. The van der Waals surface area contributed by atoms with Gasteiger partial charge < -0.3 is 15.0 Å². The van der Waals surface area contributed by atoms with Crippen LogP contribution in [0, 0.1) is 0 Å². The van der Waals surface area contributed by atoms with Crippen molar-refractivity contribution in [2.75, 3.05) is 33.8 Å². The van der Waals surface area contributed by atoms with Crippen molar-refractivity contribution < 1.29 is 4.74 Å². The maximum atomic E-state index is 5.90. The van der Waals surface area contributed by atoms with Crippen LogP contribution < -0.4 is 10.1 Å². The van der Waals surface area contributed by atoms with Gasteiger partial charge in [0, 0.05) is 13.1 Å². The second-order valence-electron chi connectivity index (χ2n) is 7.47. The summed E-state index contributed by atoms with van der Waals surface area (Å²) in [7, 11) is 4.13. The van der Waals surface area contributed by atoms with E-state index in [9.17, 15) is 0 Å². The van der Waals surface area contributed by atoms with E-state index in [1.165, 1.54) is 22.3 Å². The monoisotopic (exact) mass is 338 g/mol. The van der Waals surface area contributed by atoms with Gasteiger partial charge in [0.1, 0.15) is 12.4 Å². The van der Waals surface area contributed by atoms with Gasteiger partial charge in [0.25, 0.3) is 0 Å². The second kappa shape index (κ2) is 8.03. The summed E-state index contributed by atoms with van der Waals surface area (Å²) in [5, 5.41) is 3.67. The quantitative estimate of drug-likeness (QED) is 0.862. The van der Waals surface area contributed by atoms with Crippen LogP contribution in [-0.2, 0) is 6.42 Å². The number of hydrogen-bond acceptors (Lipinski definition) is 3. The van der Waals surface area contributed by atoms with Crippen molar-refractivity contribution in [3.05, 3.63) is 64.7 Å². The summed E-state index contributed by atoms with van der Waals surface area (Å²) >= 11 is 0. The first kappa shape index (κ1) is 18.0. The second-order valence-corrected chi connectivity index (χ2v) is 7.47. The van der Waals surface area contributed by atoms with E-state index in [2.05, 4.69) is 80.6 Å². The lowest BCUT2D eigenvalue weighted by molar-refractivity contribution is 0.261.